The van der Waals surface area contributed by atoms with Gasteiger partial charge in [-0.3, -0.25) is 19.9 Å². The van der Waals surface area contributed by atoms with E-state index in [4.69, 9.17) is 4.74 Å². The molecule has 0 unspecified atom stereocenters. The molecule has 2 N–H and O–H groups in total. The molecule has 0 radical (unpaired) electrons. The van der Waals surface area contributed by atoms with Crippen LogP contribution in [0.5, 0.6) is 5.75 Å². The van der Waals surface area contributed by atoms with E-state index in [0.29, 0.717) is 22.2 Å². The van der Waals surface area contributed by atoms with Crippen LogP contribution in [0.2, 0.25) is 0 Å². The Morgan fingerprint density at radius 2 is 2.13 bits per heavy atom. The predicted octanol–water partition coefficient (Wildman–Crippen LogP) is 3.39. The molecule has 0 aliphatic carbocycles. The maximum absolute atomic E-state index is 13.0. The number of para-hydroxylation sites is 1. The number of anilines is 1. The molecule has 0 saturated carbocycles. The lowest BCUT2D eigenvalue weighted by molar-refractivity contribution is -0.385. The van der Waals surface area contributed by atoms with E-state index in [2.05, 4.69) is 22.3 Å². The van der Waals surface area contributed by atoms with Gasteiger partial charge >= 0.3 is 0 Å². The Morgan fingerprint density at radius 3 is 2.87 bits per heavy atom. The summed E-state index contributed by atoms with van der Waals surface area (Å²) in [5.74, 6) is 0.810. The molecule has 2 aliphatic rings. The van der Waals surface area contributed by atoms with Crippen LogP contribution in [0.3, 0.4) is 0 Å². The minimum absolute atomic E-state index is 0.0743. The zero-order valence-corrected chi connectivity index (χ0v) is 16.9. The fourth-order valence-electron chi connectivity index (χ4n) is 3.52. The molecular weight excluding hydrogens is 406 g/mol. The Bertz CT molecular complexity index is 1060. The normalized spacial score (nSPS) is 19.6. The molecule has 30 heavy (non-hydrogen) atoms. The van der Waals surface area contributed by atoms with Gasteiger partial charge in [0.15, 0.2) is 11.2 Å². The number of nitro groups is 1. The second-order valence-corrected chi connectivity index (χ2v) is 7.60. The van der Waals surface area contributed by atoms with Crippen molar-refractivity contribution in [2.45, 2.75) is 12.2 Å². The third-order valence-corrected chi connectivity index (χ3v) is 5.68. The van der Waals surface area contributed by atoms with Crippen molar-refractivity contribution in [2.24, 2.45) is 5.10 Å². The Hall–Kier alpha value is -3.53. The van der Waals surface area contributed by atoms with Crippen LogP contribution in [0.25, 0.3) is 0 Å². The number of carbonyl (C=O) groups excluding carboxylic acids is 1. The highest BCUT2D eigenvalue weighted by Crippen LogP contribution is 2.45. The highest BCUT2D eigenvalue weighted by Gasteiger charge is 2.43. The molecule has 2 atom stereocenters. The van der Waals surface area contributed by atoms with Crippen LogP contribution in [0.15, 0.2) is 60.2 Å². The number of carbonyl (C=O) groups is 1. The lowest BCUT2D eigenvalue weighted by Gasteiger charge is -2.43. The molecule has 4 rings (SSSR count). The van der Waals surface area contributed by atoms with E-state index in [1.807, 2.05) is 24.3 Å². The summed E-state index contributed by atoms with van der Waals surface area (Å²) in [7, 11) is 1.50. The van der Waals surface area contributed by atoms with E-state index in [-0.39, 0.29) is 11.6 Å². The molecule has 1 amide bonds. The molecule has 0 fully saturated rings. The van der Waals surface area contributed by atoms with Gasteiger partial charge in [0, 0.05) is 34.7 Å². The van der Waals surface area contributed by atoms with Crippen LogP contribution in [-0.2, 0) is 4.79 Å². The minimum atomic E-state index is -0.690. The molecule has 0 spiro atoms. The van der Waals surface area contributed by atoms with Gasteiger partial charge in [-0.2, -0.15) is 0 Å². The smallest absolute Gasteiger partial charge is 0.270 e. The summed E-state index contributed by atoms with van der Waals surface area (Å²) in [6.45, 7) is 3.69. The fraction of sp³-hybridized carbons (Fsp3) is 0.200. The van der Waals surface area contributed by atoms with Gasteiger partial charge in [-0.05, 0) is 12.1 Å². The number of benzene rings is 2. The number of hydrogen-bond donors (Lipinski definition) is 2. The van der Waals surface area contributed by atoms with Crippen LogP contribution in [0, 0.1) is 10.1 Å². The standard InChI is InChI=1S/C20H19N5O4S/c1-3-10-30-20-22-19(26)17-13-6-4-5-7-15(13)21-18(24(17)23-20)14-11-12(25(27)28)8-9-16(14)29-2/h3-9,11,17-18,21H,1,10H2,2H3,(H,22,23,26)/t17-,18-/m0/s1. The summed E-state index contributed by atoms with van der Waals surface area (Å²) >= 11 is 1.34. The number of hydrazone groups is 1. The van der Waals surface area contributed by atoms with Crippen molar-refractivity contribution in [3.8, 4) is 5.75 Å². The number of non-ortho nitro benzene ring substituents is 1. The molecule has 0 saturated heterocycles. The van der Waals surface area contributed by atoms with E-state index in [0.717, 1.165) is 11.3 Å². The minimum Gasteiger partial charge on any atom is -0.496 e. The maximum atomic E-state index is 13.0. The van der Waals surface area contributed by atoms with Crippen molar-refractivity contribution in [3.63, 3.8) is 0 Å². The van der Waals surface area contributed by atoms with E-state index in [9.17, 15) is 14.9 Å². The summed E-state index contributed by atoms with van der Waals surface area (Å²) in [5.41, 5.74) is 1.96. The Morgan fingerprint density at radius 1 is 1.33 bits per heavy atom. The SMILES string of the molecule is C=CCSC1=NN2[C@@H](c3cc([N+](=O)[O-])ccc3OC)Nc3ccccc3[C@H]2C(=O)N1. The van der Waals surface area contributed by atoms with Crippen LogP contribution in [-0.4, -0.2) is 33.9 Å². The van der Waals surface area contributed by atoms with E-state index in [1.165, 1.54) is 31.0 Å². The number of methoxy groups -OCH3 is 1. The number of rotatable bonds is 5. The van der Waals surface area contributed by atoms with Crippen molar-refractivity contribution in [2.75, 3.05) is 18.2 Å². The third kappa shape index (κ3) is 3.45. The van der Waals surface area contributed by atoms with Gasteiger partial charge in [0.2, 0.25) is 0 Å². The van der Waals surface area contributed by atoms with Gasteiger partial charge in [-0.1, -0.05) is 36.0 Å². The van der Waals surface area contributed by atoms with Crippen LogP contribution < -0.4 is 15.4 Å². The summed E-state index contributed by atoms with van der Waals surface area (Å²) in [6.07, 6.45) is 1.07. The predicted molar refractivity (Wildman–Crippen MR) is 115 cm³/mol. The van der Waals surface area contributed by atoms with E-state index in [1.54, 1.807) is 17.2 Å². The number of fused-ring (bicyclic) bond motifs is 3. The molecule has 0 bridgehead atoms. The average molecular weight is 425 g/mol. The van der Waals surface area contributed by atoms with Crippen molar-refractivity contribution >= 4 is 34.2 Å². The fourth-order valence-corrected chi connectivity index (χ4v) is 4.12. The maximum Gasteiger partial charge on any atom is 0.270 e. The van der Waals surface area contributed by atoms with E-state index < -0.39 is 17.1 Å². The van der Waals surface area contributed by atoms with Crippen LogP contribution in [0.1, 0.15) is 23.3 Å². The second kappa shape index (κ2) is 8.07. The lowest BCUT2D eigenvalue weighted by atomic mass is 9.96. The Labute approximate surface area is 176 Å². The quantitative estimate of drug-likeness (QED) is 0.429. The molecule has 0 aromatic heterocycles. The first kappa shape index (κ1) is 19.8. The first-order valence-corrected chi connectivity index (χ1v) is 10.1. The van der Waals surface area contributed by atoms with Crippen LogP contribution >= 0.6 is 11.8 Å². The van der Waals surface area contributed by atoms with Crippen molar-refractivity contribution in [3.05, 3.63) is 76.4 Å². The molecule has 9 nitrogen and oxygen atoms in total. The summed E-state index contributed by atoms with van der Waals surface area (Å²) < 4.78 is 5.46. The molecule has 10 heteroatoms. The molecule has 2 heterocycles. The third-order valence-electron chi connectivity index (χ3n) is 4.82. The zero-order chi connectivity index (χ0) is 21.3. The van der Waals surface area contributed by atoms with Crippen molar-refractivity contribution in [1.82, 2.24) is 10.3 Å². The second-order valence-electron chi connectivity index (χ2n) is 6.59. The number of nitrogens with one attached hydrogen (secondary N) is 2. The van der Waals surface area contributed by atoms with Crippen molar-refractivity contribution < 1.29 is 14.5 Å². The molecule has 2 aliphatic heterocycles. The van der Waals surface area contributed by atoms with Crippen LogP contribution in [0.4, 0.5) is 11.4 Å². The molecular formula is C20H19N5O4S. The number of thioether (sulfide) groups is 1. The monoisotopic (exact) mass is 425 g/mol. The number of ether oxygens (including phenoxy) is 1. The van der Waals surface area contributed by atoms with Gasteiger partial charge < -0.3 is 15.4 Å². The first-order valence-electron chi connectivity index (χ1n) is 9.12. The topological polar surface area (TPSA) is 109 Å². The Balaban J connectivity index is 1.87. The Kier molecular flexibility index (Phi) is 5.32. The molecule has 154 valence electrons. The number of amides is 1. The lowest BCUT2D eigenvalue weighted by Crippen LogP contribution is -2.51. The largest absolute Gasteiger partial charge is 0.496 e. The summed E-state index contributed by atoms with van der Waals surface area (Å²) in [6, 6.07) is 11.1. The van der Waals surface area contributed by atoms with E-state index >= 15 is 0 Å². The van der Waals surface area contributed by atoms with Gasteiger partial charge in [-0.25, -0.2) is 0 Å². The zero-order valence-electron chi connectivity index (χ0n) is 16.1. The number of amidine groups is 1. The van der Waals surface area contributed by atoms with Gasteiger partial charge in [0.25, 0.3) is 11.6 Å². The van der Waals surface area contributed by atoms with Gasteiger partial charge in [-0.15, -0.1) is 11.7 Å². The first-order chi connectivity index (χ1) is 14.5. The summed E-state index contributed by atoms with van der Waals surface area (Å²) in [5, 5.41) is 24.3. The number of nitro benzene ring substituents is 1. The highest BCUT2D eigenvalue weighted by atomic mass is 32.2. The summed E-state index contributed by atoms with van der Waals surface area (Å²) in [4.78, 5) is 23.9. The average Bonchev–Trinajstić information content (AvgIpc) is 2.76. The highest BCUT2D eigenvalue weighted by molar-refractivity contribution is 8.14. The number of nitrogens with zero attached hydrogens (tertiary/aromatic N) is 3. The van der Waals surface area contributed by atoms with Gasteiger partial charge in [0.1, 0.15) is 11.9 Å². The molecule has 2 aromatic rings. The molecule has 2 aromatic carbocycles. The van der Waals surface area contributed by atoms with Gasteiger partial charge in [0.05, 0.1) is 12.0 Å². The number of hydrogen-bond acceptors (Lipinski definition) is 8. The van der Waals surface area contributed by atoms with Crippen molar-refractivity contribution in [1.29, 1.82) is 0 Å².